The van der Waals surface area contributed by atoms with E-state index in [0.29, 0.717) is 28.2 Å². The van der Waals surface area contributed by atoms with E-state index in [4.69, 9.17) is 16.6 Å². The van der Waals surface area contributed by atoms with Gasteiger partial charge in [0.25, 0.3) is 5.91 Å². The summed E-state index contributed by atoms with van der Waals surface area (Å²) < 4.78 is 7.57. The monoisotopic (exact) mass is 404 g/mol. The number of hydrogen-bond acceptors (Lipinski definition) is 7. The number of amides is 2. The van der Waals surface area contributed by atoms with Crippen molar-refractivity contribution in [2.45, 2.75) is 31.8 Å². The lowest BCUT2D eigenvalue weighted by molar-refractivity contribution is -0.120. The Balaban J connectivity index is 1.30. The predicted molar refractivity (Wildman–Crippen MR) is 100 cm³/mol. The highest BCUT2D eigenvalue weighted by Crippen LogP contribution is 2.35. The highest BCUT2D eigenvalue weighted by Gasteiger charge is 2.27. The fraction of sp³-hybridized carbons (Fsp3) is 0.312. The van der Waals surface area contributed by atoms with Crippen LogP contribution < -0.4 is 10.6 Å². The van der Waals surface area contributed by atoms with Crippen molar-refractivity contribution in [2.75, 3.05) is 5.32 Å². The summed E-state index contributed by atoms with van der Waals surface area (Å²) in [5, 5.41) is 14.6. The van der Waals surface area contributed by atoms with Crippen LogP contribution >= 0.6 is 23.6 Å². The Kier molecular flexibility index (Phi) is 4.86. The van der Waals surface area contributed by atoms with Gasteiger partial charge >= 0.3 is 0 Å². The number of nitrogens with one attached hydrogen (secondary N) is 3. The number of thiazole rings is 1. The molecule has 2 amide bonds. The van der Waals surface area contributed by atoms with E-state index in [9.17, 15) is 9.59 Å². The lowest BCUT2D eigenvalue weighted by atomic mass is 10.3. The molecule has 9 nitrogen and oxygen atoms in total. The van der Waals surface area contributed by atoms with Crippen molar-refractivity contribution < 1.29 is 14.0 Å². The predicted octanol–water partition coefficient (Wildman–Crippen LogP) is 2.44. The van der Waals surface area contributed by atoms with E-state index >= 15 is 0 Å². The normalized spacial score (nSPS) is 13.5. The third-order valence-electron chi connectivity index (χ3n) is 3.99. The highest BCUT2D eigenvalue weighted by atomic mass is 32.1. The molecule has 0 aromatic carbocycles. The molecule has 4 rings (SSSR count). The van der Waals surface area contributed by atoms with Crippen LogP contribution in [0.5, 0.6) is 0 Å². The first-order valence-electron chi connectivity index (χ1n) is 8.32. The van der Waals surface area contributed by atoms with E-state index in [0.717, 1.165) is 18.7 Å². The first-order chi connectivity index (χ1) is 13.1. The molecule has 0 aliphatic heterocycles. The molecule has 140 valence electrons. The van der Waals surface area contributed by atoms with Gasteiger partial charge in [-0.05, 0) is 37.2 Å². The Morgan fingerprint density at radius 3 is 3.04 bits per heavy atom. The number of aromatic nitrogens is 4. The topological polar surface area (TPSA) is 118 Å². The average Bonchev–Trinajstić information content (AvgIpc) is 3.03. The molecule has 3 aromatic heterocycles. The molecule has 0 bridgehead atoms. The first kappa shape index (κ1) is 17.6. The summed E-state index contributed by atoms with van der Waals surface area (Å²) >= 11 is 6.47. The minimum absolute atomic E-state index is 0.113. The van der Waals surface area contributed by atoms with Crippen molar-refractivity contribution in [1.29, 1.82) is 0 Å². The van der Waals surface area contributed by atoms with Crippen molar-refractivity contribution in [3.8, 4) is 0 Å². The molecular weight excluding hydrogens is 388 g/mol. The third-order valence-corrected chi connectivity index (χ3v) is 5.09. The molecular formula is C16H16N6O3S2. The summed E-state index contributed by atoms with van der Waals surface area (Å²) in [5.41, 5.74) is 0.577. The largest absolute Gasteiger partial charge is 0.459 e. The van der Waals surface area contributed by atoms with Gasteiger partial charge in [-0.15, -0.1) is 11.3 Å². The van der Waals surface area contributed by atoms with Gasteiger partial charge in [-0.3, -0.25) is 24.6 Å². The van der Waals surface area contributed by atoms with Gasteiger partial charge in [-0.25, -0.2) is 4.98 Å². The molecule has 0 radical (unpaired) electrons. The van der Waals surface area contributed by atoms with E-state index in [1.807, 2.05) is 4.57 Å². The second-order valence-corrected chi connectivity index (χ2v) is 7.32. The lowest BCUT2D eigenvalue weighted by Crippen LogP contribution is -2.26. The van der Waals surface area contributed by atoms with Crippen molar-refractivity contribution in [3.05, 3.63) is 45.8 Å². The summed E-state index contributed by atoms with van der Waals surface area (Å²) in [7, 11) is 0. The molecule has 3 N–H and O–H groups in total. The zero-order valence-corrected chi connectivity index (χ0v) is 15.7. The van der Waals surface area contributed by atoms with Gasteiger partial charge in [0.05, 0.1) is 24.9 Å². The van der Waals surface area contributed by atoms with Crippen LogP contribution in [0.3, 0.4) is 0 Å². The van der Waals surface area contributed by atoms with Crippen molar-refractivity contribution >= 4 is 40.5 Å². The Labute approximate surface area is 162 Å². The molecule has 0 unspecified atom stereocenters. The van der Waals surface area contributed by atoms with Crippen LogP contribution in [0.2, 0.25) is 0 Å². The van der Waals surface area contributed by atoms with Crippen molar-refractivity contribution in [2.24, 2.45) is 0 Å². The van der Waals surface area contributed by atoms with Gasteiger partial charge < -0.3 is 9.73 Å². The number of anilines is 1. The van der Waals surface area contributed by atoms with Crippen LogP contribution in [0.4, 0.5) is 5.13 Å². The molecule has 1 aliphatic rings. The fourth-order valence-corrected chi connectivity index (χ4v) is 3.59. The smallest absolute Gasteiger partial charge is 0.293 e. The van der Waals surface area contributed by atoms with Gasteiger partial charge in [-0.1, -0.05) is 0 Å². The third kappa shape index (κ3) is 4.14. The van der Waals surface area contributed by atoms with Gasteiger partial charge in [0.2, 0.25) is 5.91 Å². The number of hydrogen-bond donors (Lipinski definition) is 3. The van der Waals surface area contributed by atoms with E-state index < -0.39 is 0 Å². The fourth-order valence-electron chi connectivity index (χ4n) is 2.59. The maximum atomic E-state index is 12.2. The van der Waals surface area contributed by atoms with E-state index in [1.165, 1.54) is 17.6 Å². The highest BCUT2D eigenvalue weighted by molar-refractivity contribution is 7.71. The minimum Gasteiger partial charge on any atom is -0.459 e. The van der Waals surface area contributed by atoms with Gasteiger partial charge in [0.1, 0.15) is 0 Å². The van der Waals surface area contributed by atoms with Crippen LogP contribution in [0, 0.1) is 4.77 Å². The number of carbonyl (C=O) groups excluding carboxylic acids is 2. The van der Waals surface area contributed by atoms with Gasteiger partial charge in [-0.2, -0.15) is 5.10 Å². The first-order valence-corrected chi connectivity index (χ1v) is 9.60. The summed E-state index contributed by atoms with van der Waals surface area (Å²) in [5.74, 6) is 0.364. The minimum atomic E-state index is -0.381. The van der Waals surface area contributed by atoms with Crippen LogP contribution in [0.25, 0.3) is 0 Å². The number of aromatic amines is 1. The number of carbonyl (C=O) groups is 2. The SMILES string of the molecule is O=C(Cc1csc(NC(=O)c2ccco2)n1)NCc1n[nH]c(=S)n1C1CC1. The number of rotatable bonds is 7. The summed E-state index contributed by atoms with van der Waals surface area (Å²) in [6.45, 7) is 0.300. The zero-order valence-electron chi connectivity index (χ0n) is 14.1. The molecule has 0 spiro atoms. The van der Waals surface area contributed by atoms with Crippen LogP contribution in [-0.2, 0) is 17.8 Å². The molecule has 0 atom stereocenters. The van der Waals surface area contributed by atoms with Crippen molar-refractivity contribution in [1.82, 2.24) is 25.1 Å². The molecule has 11 heteroatoms. The van der Waals surface area contributed by atoms with E-state index in [1.54, 1.807) is 17.5 Å². The second kappa shape index (κ2) is 7.45. The standard InChI is InChI=1S/C16H16N6O3S2/c23-13(17-7-12-20-21-16(26)22(12)10-3-4-10)6-9-8-27-15(18-9)19-14(24)11-2-1-5-25-11/h1-2,5,8,10H,3-4,6-7H2,(H,17,23)(H,21,26)(H,18,19,24). The Morgan fingerprint density at radius 1 is 1.44 bits per heavy atom. The maximum Gasteiger partial charge on any atom is 0.293 e. The Bertz CT molecular complexity index is 1020. The van der Waals surface area contributed by atoms with E-state index in [2.05, 4.69) is 25.8 Å². The van der Waals surface area contributed by atoms with Crippen molar-refractivity contribution in [3.63, 3.8) is 0 Å². The zero-order chi connectivity index (χ0) is 18.8. The number of furan rings is 1. The summed E-state index contributed by atoms with van der Waals surface area (Å²) in [6, 6.07) is 3.59. The van der Waals surface area contributed by atoms with Crippen LogP contribution in [-0.4, -0.2) is 31.6 Å². The molecule has 27 heavy (non-hydrogen) atoms. The average molecular weight is 404 g/mol. The molecule has 1 aliphatic carbocycles. The molecule has 0 saturated heterocycles. The number of H-pyrrole nitrogens is 1. The number of nitrogens with zero attached hydrogens (tertiary/aromatic N) is 3. The summed E-state index contributed by atoms with van der Waals surface area (Å²) in [4.78, 5) is 28.4. The molecule has 3 aromatic rings. The molecule has 1 saturated carbocycles. The van der Waals surface area contributed by atoms with E-state index in [-0.39, 0.29) is 24.0 Å². The quantitative estimate of drug-likeness (QED) is 0.521. The maximum absolute atomic E-state index is 12.2. The Hall–Kier alpha value is -2.79. The van der Waals surface area contributed by atoms with Crippen LogP contribution in [0.1, 0.15) is 41.0 Å². The molecule has 3 heterocycles. The second-order valence-electron chi connectivity index (χ2n) is 6.08. The lowest BCUT2D eigenvalue weighted by Gasteiger charge is -2.06. The Morgan fingerprint density at radius 2 is 2.30 bits per heavy atom. The van der Waals surface area contributed by atoms with Crippen LogP contribution in [0.15, 0.2) is 28.2 Å². The van der Waals surface area contributed by atoms with Gasteiger partial charge in [0, 0.05) is 11.4 Å². The van der Waals surface area contributed by atoms with Gasteiger partial charge in [0.15, 0.2) is 21.5 Å². The summed E-state index contributed by atoms with van der Waals surface area (Å²) in [6.07, 6.45) is 3.70. The molecule has 1 fully saturated rings.